The van der Waals surface area contributed by atoms with Crippen LogP contribution < -0.4 is 5.32 Å². The molecule has 0 aromatic rings. The Morgan fingerprint density at radius 3 is 1.54 bits per heavy atom. The second kappa shape index (κ2) is 46.7. The second-order valence-corrected chi connectivity index (χ2v) is 18.9. The molecule has 0 aliphatic carbocycles. The van der Waals surface area contributed by atoms with Crippen molar-refractivity contribution >= 4 is 11.9 Å². The highest BCUT2D eigenvalue weighted by molar-refractivity contribution is 5.76. The van der Waals surface area contributed by atoms with Crippen molar-refractivity contribution in [2.45, 2.75) is 269 Å². The molecule has 0 radical (unpaired) electrons. The highest BCUT2D eigenvalue weighted by Crippen LogP contribution is 2.23. The van der Waals surface area contributed by atoms with Gasteiger partial charge in [0.2, 0.25) is 5.91 Å². The molecule has 1 rings (SSSR count). The van der Waals surface area contributed by atoms with Gasteiger partial charge in [0, 0.05) is 12.8 Å². The van der Waals surface area contributed by atoms with E-state index in [0.717, 1.165) is 77.0 Å². The Kier molecular flexibility index (Phi) is 43.5. The van der Waals surface area contributed by atoms with Crippen LogP contribution in [0.3, 0.4) is 0 Å². The van der Waals surface area contributed by atoms with E-state index in [9.17, 15) is 35.1 Å². The molecule has 0 bridgehead atoms. The summed E-state index contributed by atoms with van der Waals surface area (Å²) in [6.07, 6.45) is 49.1. The first-order valence-corrected chi connectivity index (χ1v) is 27.5. The Morgan fingerprint density at radius 2 is 1.01 bits per heavy atom. The molecule has 1 aliphatic heterocycles. The maximum Gasteiger partial charge on any atom is 0.305 e. The minimum atomic E-state index is -1.58. The number of carbonyl (C=O) groups excluding carboxylic acids is 2. The molecule has 1 aliphatic rings. The van der Waals surface area contributed by atoms with E-state index in [0.29, 0.717) is 25.9 Å². The highest BCUT2D eigenvalue weighted by Gasteiger charge is 2.44. The monoisotopic (exact) mass is 960 g/mol. The van der Waals surface area contributed by atoms with Gasteiger partial charge in [-0.05, 0) is 96.8 Å². The fourth-order valence-corrected chi connectivity index (χ4v) is 8.21. The number of rotatable bonds is 46. The smallest absolute Gasteiger partial charge is 0.305 e. The largest absolute Gasteiger partial charge is 0.466 e. The molecule has 1 amide bonds. The molecular weight excluding hydrogens is 859 g/mol. The van der Waals surface area contributed by atoms with E-state index in [-0.39, 0.29) is 18.5 Å². The Hall–Kier alpha value is -2.64. The minimum absolute atomic E-state index is 0.0211. The van der Waals surface area contributed by atoms with E-state index in [1.165, 1.54) is 116 Å². The average molecular weight is 960 g/mol. The van der Waals surface area contributed by atoms with Gasteiger partial charge in [0.15, 0.2) is 6.29 Å². The number of amides is 1. The van der Waals surface area contributed by atoms with Crippen LogP contribution in [0, 0.1) is 0 Å². The van der Waals surface area contributed by atoms with Crippen LogP contribution in [0.25, 0.3) is 0 Å². The van der Waals surface area contributed by atoms with E-state index in [4.69, 9.17) is 14.2 Å². The minimum Gasteiger partial charge on any atom is -0.466 e. The van der Waals surface area contributed by atoms with Crippen LogP contribution in [-0.2, 0) is 23.8 Å². The quantitative estimate of drug-likeness (QED) is 0.0196. The fraction of sp³-hybridized carbons (Fsp3) is 0.789. The number of nitrogens with one attached hydrogen (secondary N) is 1. The van der Waals surface area contributed by atoms with Crippen LogP contribution in [0.2, 0.25) is 0 Å². The van der Waals surface area contributed by atoms with Gasteiger partial charge < -0.3 is 45.1 Å². The summed E-state index contributed by atoms with van der Waals surface area (Å²) in [6.45, 7) is 4.02. The molecule has 0 aromatic heterocycles. The molecule has 68 heavy (non-hydrogen) atoms. The molecule has 7 atom stereocenters. The van der Waals surface area contributed by atoms with Gasteiger partial charge >= 0.3 is 5.97 Å². The molecule has 1 fully saturated rings. The van der Waals surface area contributed by atoms with Crippen LogP contribution in [0.4, 0.5) is 0 Å². The Morgan fingerprint density at radius 1 is 0.559 bits per heavy atom. The Labute approximate surface area is 414 Å². The summed E-state index contributed by atoms with van der Waals surface area (Å²) in [6, 6.07) is -0.840. The third-order valence-corrected chi connectivity index (χ3v) is 12.6. The van der Waals surface area contributed by atoms with Crippen LogP contribution >= 0.6 is 0 Å². The van der Waals surface area contributed by atoms with Crippen molar-refractivity contribution in [1.82, 2.24) is 5.32 Å². The van der Waals surface area contributed by atoms with Crippen molar-refractivity contribution in [3.63, 3.8) is 0 Å². The number of unbranched alkanes of at least 4 members (excludes halogenated alkanes) is 25. The van der Waals surface area contributed by atoms with Crippen molar-refractivity contribution in [3.05, 3.63) is 60.8 Å². The lowest BCUT2D eigenvalue weighted by Crippen LogP contribution is -2.60. The molecule has 0 spiro atoms. The van der Waals surface area contributed by atoms with E-state index >= 15 is 0 Å². The van der Waals surface area contributed by atoms with Gasteiger partial charge in [0.05, 0.1) is 32.0 Å². The summed E-state index contributed by atoms with van der Waals surface area (Å²) in [5, 5.41) is 54.1. The first-order valence-electron chi connectivity index (χ1n) is 27.5. The Balaban J connectivity index is 2.07. The molecule has 0 saturated carbocycles. The first kappa shape index (κ1) is 63.4. The zero-order chi connectivity index (χ0) is 49.6. The lowest BCUT2D eigenvalue weighted by atomic mass is 9.99. The van der Waals surface area contributed by atoms with Crippen molar-refractivity contribution in [2.24, 2.45) is 0 Å². The summed E-state index contributed by atoms with van der Waals surface area (Å²) >= 11 is 0. The first-order chi connectivity index (χ1) is 33.2. The van der Waals surface area contributed by atoms with Crippen molar-refractivity contribution in [2.75, 3.05) is 19.8 Å². The predicted octanol–water partition coefficient (Wildman–Crippen LogP) is 11.9. The second-order valence-electron chi connectivity index (χ2n) is 18.9. The Bertz CT molecular complexity index is 1310. The van der Waals surface area contributed by atoms with Crippen molar-refractivity contribution < 1.29 is 49.3 Å². The van der Waals surface area contributed by atoms with E-state index in [1.54, 1.807) is 6.08 Å². The van der Waals surface area contributed by atoms with Crippen molar-refractivity contribution in [3.8, 4) is 0 Å². The molecule has 0 aromatic carbocycles. The van der Waals surface area contributed by atoms with Crippen LogP contribution in [-0.4, -0.2) is 100 Å². The molecule has 1 saturated heterocycles. The standard InChI is InChI=1S/C57H101NO10/c1-3-5-7-9-11-13-24-29-33-37-41-45-53(62)66-46-42-38-34-30-26-23-21-19-17-15-14-16-18-20-22-25-28-32-36-40-44-52(61)58-49(50(60)43-39-35-31-27-12-10-8-6-4-2)48-67-57-56(65)55(64)54(63)51(47-59)68-57/h4,6,9,11-12,14,16,27,39,43,49-51,54-57,59-60,63-65H,3,5,7-8,10,13,15,17-26,28-38,40-42,44-48H2,1-2H3,(H,58,61)/b6-4+,11-9-,16-14-,27-12+,43-39+. The maximum atomic E-state index is 13.0. The molecule has 394 valence electrons. The van der Waals surface area contributed by atoms with Crippen molar-refractivity contribution in [1.29, 1.82) is 0 Å². The SMILES string of the molecule is C/C=C/CC/C=C/CC/C=C/C(O)C(COC1OC(CO)C(O)C(O)C1O)NC(=O)CCCCCCCCC/C=C\CCCCCCCCCCCOC(=O)CCCCCCC/C=C\CCCC. The summed E-state index contributed by atoms with van der Waals surface area (Å²) < 4.78 is 16.6. The molecule has 11 heteroatoms. The van der Waals surface area contributed by atoms with Crippen LogP contribution in [0.15, 0.2) is 60.8 Å². The molecule has 1 heterocycles. The normalized spacial score (nSPS) is 19.9. The number of aliphatic hydroxyl groups excluding tert-OH is 5. The number of ether oxygens (including phenoxy) is 3. The highest BCUT2D eigenvalue weighted by atomic mass is 16.7. The average Bonchev–Trinajstić information content (AvgIpc) is 3.33. The topological polar surface area (TPSA) is 175 Å². The lowest BCUT2D eigenvalue weighted by molar-refractivity contribution is -0.302. The maximum absolute atomic E-state index is 13.0. The van der Waals surface area contributed by atoms with Gasteiger partial charge in [0.1, 0.15) is 24.4 Å². The molecule has 11 nitrogen and oxygen atoms in total. The lowest BCUT2D eigenvalue weighted by Gasteiger charge is -2.40. The van der Waals surface area contributed by atoms with Gasteiger partial charge in [-0.3, -0.25) is 9.59 Å². The number of carbonyl (C=O) groups is 2. The molecular formula is C57H101NO10. The van der Waals surface area contributed by atoms with Gasteiger partial charge in [-0.2, -0.15) is 0 Å². The van der Waals surface area contributed by atoms with Gasteiger partial charge in [-0.15, -0.1) is 0 Å². The third-order valence-electron chi connectivity index (χ3n) is 12.6. The summed E-state index contributed by atoms with van der Waals surface area (Å²) in [4.78, 5) is 24.9. The van der Waals surface area contributed by atoms with Gasteiger partial charge in [-0.25, -0.2) is 0 Å². The van der Waals surface area contributed by atoms with Gasteiger partial charge in [0.25, 0.3) is 0 Å². The third kappa shape index (κ3) is 36.3. The number of hydrogen-bond acceptors (Lipinski definition) is 10. The fourth-order valence-electron chi connectivity index (χ4n) is 8.21. The zero-order valence-electron chi connectivity index (χ0n) is 43.0. The number of aliphatic hydroxyl groups is 5. The van der Waals surface area contributed by atoms with Gasteiger partial charge in [-0.1, -0.05) is 177 Å². The number of hydrogen-bond donors (Lipinski definition) is 6. The van der Waals surface area contributed by atoms with E-state index in [2.05, 4.69) is 54.8 Å². The summed E-state index contributed by atoms with van der Waals surface area (Å²) in [7, 11) is 0. The molecule has 7 unspecified atom stereocenters. The van der Waals surface area contributed by atoms with Crippen LogP contribution in [0.5, 0.6) is 0 Å². The summed E-state index contributed by atoms with van der Waals surface area (Å²) in [5.41, 5.74) is 0. The molecule has 6 N–H and O–H groups in total. The van der Waals surface area contributed by atoms with E-state index < -0.39 is 49.5 Å². The van der Waals surface area contributed by atoms with E-state index in [1.807, 2.05) is 19.1 Å². The predicted molar refractivity (Wildman–Crippen MR) is 278 cm³/mol. The summed E-state index contributed by atoms with van der Waals surface area (Å²) in [5.74, 6) is -0.231. The number of allylic oxidation sites excluding steroid dienone is 9. The zero-order valence-corrected chi connectivity index (χ0v) is 43.0. The van der Waals surface area contributed by atoms with Crippen LogP contribution in [0.1, 0.15) is 226 Å². The number of esters is 1.